The van der Waals surface area contributed by atoms with Crippen LogP contribution < -0.4 is 5.32 Å². The number of hydrogen-bond donors (Lipinski definition) is 2. The molecule has 3 aromatic rings. The van der Waals surface area contributed by atoms with Crippen LogP contribution in [0.25, 0.3) is 10.7 Å². The van der Waals surface area contributed by atoms with Gasteiger partial charge in [0.1, 0.15) is 5.01 Å². The SMILES string of the molecule is Cc1ccc(CO)cc1NC(=O)Cc1csc(-c2ccccn2)n1. The third-order valence-electron chi connectivity index (χ3n) is 3.54. The van der Waals surface area contributed by atoms with E-state index in [2.05, 4.69) is 15.3 Å². The highest BCUT2D eigenvalue weighted by molar-refractivity contribution is 7.13. The van der Waals surface area contributed by atoms with E-state index in [1.165, 1.54) is 11.3 Å². The largest absolute Gasteiger partial charge is 0.392 e. The van der Waals surface area contributed by atoms with Crippen molar-refractivity contribution in [3.63, 3.8) is 0 Å². The van der Waals surface area contributed by atoms with Crippen LogP contribution in [0, 0.1) is 6.92 Å². The van der Waals surface area contributed by atoms with Crippen molar-refractivity contribution in [3.05, 3.63) is 64.8 Å². The van der Waals surface area contributed by atoms with E-state index in [9.17, 15) is 9.90 Å². The van der Waals surface area contributed by atoms with Crippen LogP contribution in [-0.2, 0) is 17.8 Å². The minimum Gasteiger partial charge on any atom is -0.392 e. The number of rotatable bonds is 5. The van der Waals surface area contributed by atoms with E-state index < -0.39 is 0 Å². The number of aliphatic hydroxyl groups excluding tert-OH is 1. The number of hydrogen-bond acceptors (Lipinski definition) is 5. The second-order valence-corrected chi connectivity index (χ2v) is 6.25. The maximum absolute atomic E-state index is 12.3. The molecule has 0 saturated heterocycles. The number of nitrogens with one attached hydrogen (secondary N) is 1. The van der Waals surface area contributed by atoms with Gasteiger partial charge in [0.25, 0.3) is 0 Å². The lowest BCUT2D eigenvalue weighted by Gasteiger charge is -2.09. The Morgan fingerprint density at radius 1 is 1.29 bits per heavy atom. The number of aryl methyl sites for hydroxylation is 1. The van der Waals surface area contributed by atoms with Crippen molar-refractivity contribution < 1.29 is 9.90 Å². The highest BCUT2D eigenvalue weighted by Gasteiger charge is 2.11. The Morgan fingerprint density at radius 3 is 2.92 bits per heavy atom. The first-order valence-corrected chi connectivity index (χ1v) is 8.39. The van der Waals surface area contributed by atoms with Gasteiger partial charge in [-0.3, -0.25) is 9.78 Å². The van der Waals surface area contributed by atoms with E-state index in [0.717, 1.165) is 21.8 Å². The van der Waals surface area contributed by atoms with E-state index in [1.807, 2.05) is 42.6 Å². The fourth-order valence-electron chi connectivity index (χ4n) is 2.26. The van der Waals surface area contributed by atoms with Gasteiger partial charge in [-0.25, -0.2) is 4.98 Å². The smallest absolute Gasteiger partial charge is 0.230 e. The first kappa shape index (κ1) is 16.3. The van der Waals surface area contributed by atoms with Gasteiger partial charge in [0, 0.05) is 17.3 Å². The highest BCUT2D eigenvalue weighted by Crippen LogP contribution is 2.22. The van der Waals surface area contributed by atoms with E-state index in [0.29, 0.717) is 11.4 Å². The molecule has 122 valence electrons. The minimum absolute atomic E-state index is 0.0529. The lowest BCUT2D eigenvalue weighted by molar-refractivity contribution is -0.115. The Kier molecular flexibility index (Phi) is 4.98. The van der Waals surface area contributed by atoms with Crippen LogP contribution in [0.15, 0.2) is 48.0 Å². The van der Waals surface area contributed by atoms with Gasteiger partial charge >= 0.3 is 0 Å². The zero-order chi connectivity index (χ0) is 16.9. The zero-order valence-corrected chi connectivity index (χ0v) is 14.0. The first-order valence-electron chi connectivity index (χ1n) is 7.52. The molecule has 0 spiro atoms. The molecule has 0 radical (unpaired) electrons. The lowest BCUT2D eigenvalue weighted by Crippen LogP contribution is -2.15. The molecule has 0 saturated carbocycles. The Morgan fingerprint density at radius 2 is 2.17 bits per heavy atom. The third kappa shape index (κ3) is 3.84. The Balaban J connectivity index is 1.69. The Bertz CT molecular complexity index is 846. The molecule has 2 aromatic heterocycles. The zero-order valence-electron chi connectivity index (χ0n) is 13.2. The number of amides is 1. The molecule has 0 unspecified atom stereocenters. The molecule has 2 heterocycles. The summed E-state index contributed by atoms with van der Waals surface area (Å²) in [4.78, 5) is 21.0. The van der Waals surface area contributed by atoms with Gasteiger partial charge in [0.15, 0.2) is 0 Å². The van der Waals surface area contributed by atoms with E-state index >= 15 is 0 Å². The standard InChI is InChI=1S/C18H17N3O2S/c1-12-5-6-13(10-22)8-16(12)21-17(23)9-14-11-24-18(20-14)15-4-2-3-7-19-15/h2-8,11,22H,9-10H2,1H3,(H,21,23). The number of benzene rings is 1. The molecule has 0 bridgehead atoms. The summed E-state index contributed by atoms with van der Waals surface area (Å²) >= 11 is 1.47. The summed E-state index contributed by atoms with van der Waals surface area (Å²) < 4.78 is 0. The molecule has 1 amide bonds. The summed E-state index contributed by atoms with van der Waals surface area (Å²) in [5.74, 6) is -0.133. The summed E-state index contributed by atoms with van der Waals surface area (Å²) in [5.41, 5.74) is 3.96. The fraction of sp³-hybridized carbons (Fsp3) is 0.167. The number of carbonyl (C=O) groups is 1. The van der Waals surface area contributed by atoms with Gasteiger partial charge in [-0.05, 0) is 36.2 Å². The normalized spacial score (nSPS) is 10.6. The van der Waals surface area contributed by atoms with Crippen LogP contribution in [0.5, 0.6) is 0 Å². The van der Waals surface area contributed by atoms with Gasteiger partial charge in [-0.1, -0.05) is 18.2 Å². The molecule has 0 aliphatic carbocycles. The molecule has 5 nitrogen and oxygen atoms in total. The number of pyridine rings is 1. The average molecular weight is 339 g/mol. The molecule has 3 rings (SSSR count). The molecule has 0 aliphatic rings. The summed E-state index contributed by atoms with van der Waals surface area (Å²) in [7, 11) is 0. The number of nitrogens with zero attached hydrogens (tertiary/aromatic N) is 2. The Labute approximate surface area is 144 Å². The summed E-state index contributed by atoms with van der Waals surface area (Å²) in [6.07, 6.45) is 1.92. The van der Waals surface area contributed by atoms with Crippen molar-refractivity contribution in [3.8, 4) is 10.7 Å². The van der Waals surface area contributed by atoms with E-state index in [1.54, 1.807) is 12.3 Å². The van der Waals surface area contributed by atoms with Crippen molar-refractivity contribution in [2.45, 2.75) is 20.0 Å². The number of anilines is 1. The molecular formula is C18H17N3O2S. The van der Waals surface area contributed by atoms with Crippen molar-refractivity contribution in [1.82, 2.24) is 9.97 Å². The summed E-state index contributed by atoms with van der Waals surface area (Å²) in [6, 6.07) is 11.2. The maximum Gasteiger partial charge on any atom is 0.230 e. The van der Waals surface area contributed by atoms with Crippen LogP contribution in [0.4, 0.5) is 5.69 Å². The fourth-order valence-corrected chi connectivity index (χ4v) is 3.05. The predicted octanol–water partition coefficient (Wildman–Crippen LogP) is 3.19. The minimum atomic E-state index is -0.133. The maximum atomic E-state index is 12.3. The summed E-state index contributed by atoms with van der Waals surface area (Å²) in [5, 5.41) is 14.8. The molecule has 6 heteroatoms. The summed E-state index contributed by atoms with van der Waals surface area (Å²) in [6.45, 7) is 1.86. The predicted molar refractivity (Wildman–Crippen MR) is 94.8 cm³/mol. The van der Waals surface area contributed by atoms with Crippen molar-refractivity contribution in [1.29, 1.82) is 0 Å². The molecule has 2 N–H and O–H groups in total. The van der Waals surface area contributed by atoms with Gasteiger partial charge in [0.05, 0.1) is 24.4 Å². The molecule has 1 aromatic carbocycles. The second-order valence-electron chi connectivity index (χ2n) is 5.39. The molecule has 24 heavy (non-hydrogen) atoms. The number of carbonyl (C=O) groups excluding carboxylic acids is 1. The van der Waals surface area contributed by atoms with Crippen molar-refractivity contribution >= 4 is 22.9 Å². The van der Waals surface area contributed by atoms with Crippen molar-refractivity contribution in [2.24, 2.45) is 0 Å². The quantitative estimate of drug-likeness (QED) is 0.748. The van der Waals surface area contributed by atoms with Crippen LogP contribution in [0.1, 0.15) is 16.8 Å². The molecule has 0 atom stereocenters. The van der Waals surface area contributed by atoms with Crippen LogP contribution in [-0.4, -0.2) is 21.0 Å². The van der Waals surface area contributed by atoms with Crippen molar-refractivity contribution in [2.75, 3.05) is 5.32 Å². The van der Waals surface area contributed by atoms with Crippen LogP contribution in [0.3, 0.4) is 0 Å². The van der Waals surface area contributed by atoms with Gasteiger partial charge in [0.2, 0.25) is 5.91 Å². The Hall–Kier alpha value is -2.57. The molecule has 0 aliphatic heterocycles. The van der Waals surface area contributed by atoms with Crippen LogP contribution >= 0.6 is 11.3 Å². The number of aromatic nitrogens is 2. The second kappa shape index (κ2) is 7.33. The van der Waals surface area contributed by atoms with Crippen LogP contribution in [0.2, 0.25) is 0 Å². The van der Waals surface area contributed by atoms with Gasteiger partial charge in [-0.2, -0.15) is 0 Å². The lowest BCUT2D eigenvalue weighted by atomic mass is 10.1. The van der Waals surface area contributed by atoms with E-state index in [-0.39, 0.29) is 18.9 Å². The monoisotopic (exact) mass is 339 g/mol. The van der Waals surface area contributed by atoms with E-state index in [4.69, 9.17) is 0 Å². The topological polar surface area (TPSA) is 75.1 Å². The highest BCUT2D eigenvalue weighted by atomic mass is 32.1. The number of aliphatic hydroxyl groups is 1. The molecule has 0 fully saturated rings. The number of thiazole rings is 1. The molecular weight excluding hydrogens is 322 g/mol. The van der Waals surface area contributed by atoms with Gasteiger partial charge < -0.3 is 10.4 Å². The first-order chi connectivity index (χ1) is 11.7. The van der Waals surface area contributed by atoms with Gasteiger partial charge in [-0.15, -0.1) is 11.3 Å². The average Bonchev–Trinajstić information content (AvgIpc) is 3.06. The third-order valence-corrected chi connectivity index (χ3v) is 4.45.